The second-order valence-corrected chi connectivity index (χ2v) is 8.43. The maximum Gasteiger partial charge on any atom is 0.120 e. The number of nitrogens with one attached hydrogen (secondary N) is 2. The minimum atomic E-state index is 0.289. The van der Waals surface area contributed by atoms with Crippen LogP contribution in [0.2, 0.25) is 0 Å². The molecule has 1 aliphatic carbocycles. The van der Waals surface area contributed by atoms with Crippen LogP contribution in [0.5, 0.6) is 5.75 Å². The van der Waals surface area contributed by atoms with Gasteiger partial charge in [-0.15, -0.1) is 0 Å². The van der Waals surface area contributed by atoms with E-state index in [0.29, 0.717) is 6.04 Å². The van der Waals surface area contributed by atoms with E-state index in [-0.39, 0.29) is 6.10 Å². The third kappa shape index (κ3) is 6.59. The fourth-order valence-corrected chi connectivity index (χ4v) is 3.96. The quantitative estimate of drug-likeness (QED) is 0.493. The predicted molar refractivity (Wildman–Crippen MR) is 114 cm³/mol. The van der Waals surface area contributed by atoms with Crippen LogP contribution in [0.25, 0.3) is 0 Å². The van der Waals surface area contributed by atoms with Gasteiger partial charge in [0, 0.05) is 25.3 Å². The number of ether oxygens (including phenoxy) is 1. The Labute approximate surface area is 171 Å². The number of nitrogens with zero attached hydrogens (tertiary/aromatic N) is 1. The zero-order valence-electron chi connectivity index (χ0n) is 16.2. The summed E-state index contributed by atoms with van der Waals surface area (Å²) in [6.07, 6.45) is 6.92. The van der Waals surface area contributed by atoms with Gasteiger partial charge in [0.1, 0.15) is 16.5 Å². The third-order valence-corrected chi connectivity index (χ3v) is 5.75. The van der Waals surface area contributed by atoms with Crippen LogP contribution in [-0.4, -0.2) is 24.2 Å². The van der Waals surface area contributed by atoms with Crippen LogP contribution >= 0.6 is 15.9 Å². The summed E-state index contributed by atoms with van der Waals surface area (Å²) in [6, 6.07) is 13.1. The summed E-state index contributed by atoms with van der Waals surface area (Å²) >= 11 is 3.37. The van der Waals surface area contributed by atoms with E-state index in [2.05, 4.69) is 75.9 Å². The third-order valence-electron chi connectivity index (χ3n) is 5.28. The van der Waals surface area contributed by atoms with Gasteiger partial charge in [-0.1, -0.05) is 25.1 Å². The Morgan fingerprint density at radius 3 is 2.74 bits per heavy atom. The summed E-state index contributed by atoms with van der Waals surface area (Å²) in [7, 11) is 2.06. The van der Waals surface area contributed by atoms with Gasteiger partial charge in [0.2, 0.25) is 0 Å². The van der Waals surface area contributed by atoms with E-state index in [9.17, 15) is 0 Å². The molecule has 0 amide bonds. The molecule has 3 atom stereocenters. The Balaban J connectivity index is 1.54. The standard InChI is InChI=1S/C22H30BrN3O/c1-16-6-8-19(24-2)12-21(10-16)27-20-5-3-4-17(11-20)13-25-14-18-7-9-22(23)26-15-18/h3-5,7,9,11,15-16,19,21,24-25H,6,8,10,12-14H2,1-2H3/t16-,19+,21+/m1/s1. The van der Waals surface area contributed by atoms with E-state index >= 15 is 0 Å². The highest BCUT2D eigenvalue weighted by molar-refractivity contribution is 9.10. The average molecular weight is 432 g/mol. The summed E-state index contributed by atoms with van der Waals surface area (Å²) in [5, 5.41) is 6.92. The highest BCUT2D eigenvalue weighted by Crippen LogP contribution is 2.27. The molecular formula is C22H30BrN3O. The number of aromatic nitrogens is 1. The van der Waals surface area contributed by atoms with Gasteiger partial charge >= 0.3 is 0 Å². The van der Waals surface area contributed by atoms with Gasteiger partial charge in [-0.25, -0.2) is 4.98 Å². The lowest BCUT2D eigenvalue weighted by atomic mass is 10.0. The molecule has 1 aliphatic rings. The first kappa shape index (κ1) is 20.3. The van der Waals surface area contributed by atoms with Crippen molar-refractivity contribution in [3.05, 3.63) is 58.3 Å². The summed E-state index contributed by atoms with van der Waals surface area (Å²) < 4.78 is 7.24. The molecule has 0 bridgehead atoms. The summed E-state index contributed by atoms with van der Waals surface area (Å²) in [4.78, 5) is 4.26. The predicted octanol–water partition coefficient (Wildman–Crippen LogP) is 4.68. The van der Waals surface area contributed by atoms with Crippen molar-refractivity contribution in [2.75, 3.05) is 7.05 Å². The molecule has 3 rings (SSSR count). The zero-order valence-corrected chi connectivity index (χ0v) is 17.8. The van der Waals surface area contributed by atoms with E-state index < -0.39 is 0 Å². The minimum absolute atomic E-state index is 0.289. The number of hydrogen-bond donors (Lipinski definition) is 2. The lowest BCUT2D eigenvalue weighted by Crippen LogP contribution is -2.30. The molecule has 4 nitrogen and oxygen atoms in total. The fraction of sp³-hybridized carbons (Fsp3) is 0.500. The molecule has 1 heterocycles. The van der Waals surface area contributed by atoms with Crippen LogP contribution in [0, 0.1) is 5.92 Å². The molecule has 5 heteroatoms. The molecule has 27 heavy (non-hydrogen) atoms. The Morgan fingerprint density at radius 1 is 1.11 bits per heavy atom. The summed E-state index contributed by atoms with van der Waals surface area (Å²) in [5.74, 6) is 1.70. The number of halogens is 1. The summed E-state index contributed by atoms with van der Waals surface area (Å²) in [6.45, 7) is 3.95. The van der Waals surface area contributed by atoms with Gasteiger partial charge in [0.05, 0.1) is 0 Å². The van der Waals surface area contributed by atoms with Crippen molar-refractivity contribution < 1.29 is 4.74 Å². The Kier molecular flexibility index (Phi) is 7.68. The van der Waals surface area contributed by atoms with Crippen molar-refractivity contribution in [2.45, 2.75) is 57.8 Å². The molecule has 1 aromatic carbocycles. The van der Waals surface area contributed by atoms with Crippen LogP contribution < -0.4 is 15.4 Å². The molecule has 0 saturated heterocycles. The van der Waals surface area contributed by atoms with Gasteiger partial charge < -0.3 is 15.4 Å². The van der Waals surface area contributed by atoms with Gasteiger partial charge in [-0.3, -0.25) is 0 Å². The van der Waals surface area contributed by atoms with Crippen LogP contribution in [0.1, 0.15) is 43.7 Å². The highest BCUT2D eigenvalue weighted by Gasteiger charge is 2.24. The second kappa shape index (κ2) is 10.2. The number of benzene rings is 1. The molecular weight excluding hydrogens is 402 g/mol. The Bertz CT molecular complexity index is 707. The molecule has 0 unspecified atom stereocenters. The van der Waals surface area contributed by atoms with Crippen molar-refractivity contribution in [3.63, 3.8) is 0 Å². The zero-order chi connectivity index (χ0) is 19.1. The molecule has 2 aromatic rings. The average Bonchev–Trinajstić information content (AvgIpc) is 2.84. The molecule has 1 aromatic heterocycles. The Hall–Kier alpha value is -1.43. The first-order chi connectivity index (χ1) is 13.1. The maximum absolute atomic E-state index is 6.37. The molecule has 0 spiro atoms. The number of hydrogen-bond acceptors (Lipinski definition) is 4. The lowest BCUT2D eigenvalue weighted by Gasteiger charge is -2.22. The number of rotatable bonds is 7. The maximum atomic E-state index is 6.37. The largest absolute Gasteiger partial charge is 0.490 e. The monoisotopic (exact) mass is 431 g/mol. The first-order valence-corrected chi connectivity index (χ1v) is 10.7. The van der Waals surface area contributed by atoms with E-state index in [1.165, 1.54) is 24.0 Å². The summed E-state index contributed by atoms with van der Waals surface area (Å²) in [5.41, 5.74) is 2.42. The lowest BCUT2D eigenvalue weighted by molar-refractivity contribution is 0.162. The fourth-order valence-electron chi connectivity index (χ4n) is 3.73. The van der Waals surface area contributed by atoms with Crippen molar-refractivity contribution >= 4 is 15.9 Å². The van der Waals surface area contributed by atoms with Crippen LogP contribution in [0.4, 0.5) is 0 Å². The first-order valence-electron chi connectivity index (χ1n) is 9.86. The SMILES string of the molecule is CN[C@H]1CC[C@@H](C)C[C@H](Oc2cccc(CNCc3ccc(Br)nc3)c2)C1. The van der Waals surface area contributed by atoms with Crippen molar-refractivity contribution in [1.82, 2.24) is 15.6 Å². The van der Waals surface area contributed by atoms with E-state index in [1.54, 1.807) is 0 Å². The Morgan fingerprint density at radius 2 is 1.96 bits per heavy atom. The topological polar surface area (TPSA) is 46.2 Å². The molecule has 2 N–H and O–H groups in total. The molecule has 1 saturated carbocycles. The van der Waals surface area contributed by atoms with Crippen molar-refractivity contribution in [2.24, 2.45) is 5.92 Å². The highest BCUT2D eigenvalue weighted by atomic mass is 79.9. The van der Waals surface area contributed by atoms with Gasteiger partial charge in [0.25, 0.3) is 0 Å². The van der Waals surface area contributed by atoms with Gasteiger partial charge in [0.15, 0.2) is 0 Å². The second-order valence-electron chi connectivity index (χ2n) is 7.62. The molecule has 0 aliphatic heterocycles. The molecule has 146 valence electrons. The smallest absolute Gasteiger partial charge is 0.120 e. The van der Waals surface area contributed by atoms with Crippen molar-refractivity contribution in [3.8, 4) is 5.75 Å². The van der Waals surface area contributed by atoms with E-state index in [0.717, 1.165) is 42.2 Å². The van der Waals surface area contributed by atoms with Crippen LogP contribution in [0.15, 0.2) is 47.2 Å². The van der Waals surface area contributed by atoms with Crippen LogP contribution in [0.3, 0.4) is 0 Å². The van der Waals surface area contributed by atoms with Gasteiger partial charge in [-0.2, -0.15) is 0 Å². The number of pyridine rings is 1. The van der Waals surface area contributed by atoms with E-state index in [4.69, 9.17) is 4.74 Å². The normalized spacial score (nSPS) is 23.0. The van der Waals surface area contributed by atoms with Crippen molar-refractivity contribution in [1.29, 1.82) is 0 Å². The van der Waals surface area contributed by atoms with Crippen LogP contribution in [-0.2, 0) is 13.1 Å². The van der Waals surface area contributed by atoms with E-state index in [1.807, 2.05) is 12.3 Å². The molecule has 0 radical (unpaired) electrons. The minimum Gasteiger partial charge on any atom is -0.490 e. The van der Waals surface area contributed by atoms with Gasteiger partial charge in [-0.05, 0) is 83.9 Å². The molecule has 1 fully saturated rings.